The third kappa shape index (κ3) is 2.78. The van der Waals surface area contributed by atoms with Crippen LogP contribution in [0.15, 0.2) is 6.33 Å². The van der Waals surface area contributed by atoms with Crippen LogP contribution in [0.1, 0.15) is 0 Å². The largest absolute Gasteiger partial charge is 0.463 e. The smallest absolute Gasteiger partial charge is 0.304 e. The van der Waals surface area contributed by atoms with Crippen LogP contribution in [-0.2, 0) is 4.79 Å². The highest BCUT2D eigenvalue weighted by Gasteiger charge is 2.63. The lowest BCUT2D eigenvalue weighted by Gasteiger charge is -2.18. The van der Waals surface area contributed by atoms with Gasteiger partial charge in [0.05, 0.1) is 0 Å². The van der Waals surface area contributed by atoms with Gasteiger partial charge in [-0.1, -0.05) is 23.2 Å². The normalized spacial score (nSPS) is 12.4. The number of carbonyl (C=O) groups excluding carboxylic acids is 1. The molecule has 0 aliphatic carbocycles. The van der Waals surface area contributed by atoms with Gasteiger partial charge in [0.2, 0.25) is 0 Å². The maximum absolute atomic E-state index is 12.6. The van der Waals surface area contributed by atoms with Crippen molar-refractivity contribution in [2.45, 2.75) is 12.1 Å². The monoisotopic (exact) mass is 309 g/mol. The Kier molecular flexibility index (Phi) is 3.96. The molecule has 0 aromatic carbocycles. The predicted octanol–water partition coefficient (Wildman–Crippen LogP) is 2.92. The molecule has 0 bridgehead atoms. The van der Waals surface area contributed by atoms with E-state index >= 15 is 0 Å². The van der Waals surface area contributed by atoms with E-state index in [0.29, 0.717) is 0 Å². The first-order valence-electron chi connectivity index (χ1n) is 3.99. The fourth-order valence-corrected chi connectivity index (χ4v) is 1.03. The summed E-state index contributed by atoms with van der Waals surface area (Å²) in [5.41, 5.74) is 0. The van der Waals surface area contributed by atoms with Gasteiger partial charge in [-0.05, 0) is 0 Å². The molecule has 4 nitrogen and oxygen atoms in total. The molecule has 1 aromatic heterocycles. The van der Waals surface area contributed by atoms with Crippen LogP contribution >= 0.6 is 23.2 Å². The highest BCUT2D eigenvalue weighted by molar-refractivity contribution is 6.42. The third-order valence-electron chi connectivity index (χ3n) is 1.62. The Morgan fingerprint density at radius 1 is 1.17 bits per heavy atom. The molecule has 1 rings (SSSR count). The summed E-state index contributed by atoms with van der Waals surface area (Å²) in [5, 5.41) is 0.266. The molecule has 1 amide bonds. The summed E-state index contributed by atoms with van der Waals surface area (Å²) >= 11 is 10.8. The second-order valence-electron chi connectivity index (χ2n) is 2.85. The molecule has 1 heterocycles. The maximum Gasteiger partial charge on any atom is 0.463 e. The minimum atomic E-state index is -6.03. The van der Waals surface area contributed by atoms with E-state index in [9.17, 15) is 26.7 Å². The number of rotatable bonds is 2. The first-order chi connectivity index (χ1) is 8.07. The fraction of sp³-hybridized carbons (Fsp3) is 0.286. The first-order valence-corrected chi connectivity index (χ1v) is 4.75. The summed E-state index contributed by atoms with van der Waals surface area (Å²) in [4.78, 5) is 17.3. The molecule has 0 saturated carbocycles. The molecule has 0 aliphatic heterocycles. The van der Waals surface area contributed by atoms with E-state index in [4.69, 9.17) is 23.2 Å². The molecule has 11 heteroatoms. The van der Waals surface area contributed by atoms with Crippen LogP contribution in [0.3, 0.4) is 0 Å². The fourth-order valence-electron chi connectivity index (χ4n) is 0.750. The molecular weight excluding hydrogens is 308 g/mol. The zero-order valence-corrected chi connectivity index (χ0v) is 9.54. The average molecular weight is 310 g/mol. The highest BCUT2D eigenvalue weighted by Crippen LogP contribution is 2.36. The van der Waals surface area contributed by atoms with Crippen molar-refractivity contribution < 1.29 is 26.7 Å². The van der Waals surface area contributed by atoms with Gasteiger partial charge in [-0.2, -0.15) is 22.0 Å². The Balaban J connectivity index is 2.99. The molecule has 0 saturated heterocycles. The predicted molar refractivity (Wildman–Crippen MR) is 51.7 cm³/mol. The average Bonchev–Trinajstić information content (AvgIpc) is 2.23. The van der Waals surface area contributed by atoms with Crippen LogP contribution in [-0.4, -0.2) is 28.0 Å². The number of halogens is 7. The Hall–Kier alpha value is -1.22. The molecule has 0 unspecified atom stereocenters. The van der Waals surface area contributed by atoms with Gasteiger partial charge in [0.1, 0.15) is 11.3 Å². The number of hydrogen-bond donors (Lipinski definition) is 1. The van der Waals surface area contributed by atoms with Crippen molar-refractivity contribution in [2.24, 2.45) is 0 Å². The first kappa shape index (κ1) is 14.8. The van der Waals surface area contributed by atoms with Crippen LogP contribution in [0.25, 0.3) is 0 Å². The lowest BCUT2D eigenvalue weighted by molar-refractivity contribution is -0.267. The van der Waals surface area contributed by atoms with Gasteiger partial charge in [-0.25, -0.2) is 9.97 Å². The van der Waals surface area contributed by atoms with Crippen LogP contribution < -0.4 is 5.32 Å². The zero-order chi connectivity index (χ0) is 14.1. The SMILES string of the molecule is O=C(Nc1ncnc(Cl)c1Cl)C(F)(F)C(F)(F)F. The van der Waals surface area contributed by atoms with Crippen molar-refractivity contribution in [3.05, 3.63) is 16.5 Å². The van der Waals surface area contributed by atoms with Gasteiger partial charge in [-0.3, -0.25) is 4.79 Å². The Morgan fingerprint density at radius 3 is 2.22 bits per heavy atom. The lowest BCUT2D eigenvalue weighted by atomic mass is 10.3. The molecule has 18 heavy (non-hydrogen) atoms. The number of nitrogens with zero attached hydrogens (tertiary/aromatic N) is 2. The van der Waals surface area contributed by atoms with Gasteiger partial charge in [0.15, 0.2) is 11.0 Å². The maximum atomic E-state index is 12.6. The van der Waals surface area contributed by atoms with Crippen molar-refractivity contribution in [3.8, 4) is 0 Å². The summed E-state index contributed by atoms with van der Waals surface area (Å²) in [5.74, 6) is -8.94. The van der Waals surface area contributed by atoms with Gasteiger partial charge < -0.3 is 5.32 Å². The van der Waals surface area contributed by atoms with Crippen molar-refractivity contribution >= 4 is 34.9 Å². The molecule has 0 radical (unpaired) electrons. The van der Waals surface area contributed by atoms with Gasteiger partial charge in [-0.15, -0.1) is 0 Å². The Morgan fingerprint density at radius 2 is 1.72 bits per heavy atom. The molecule has 1 N–H and O–H groups in total. The summed E-state index contributed by atoms with van der Waals surface area (Å²) in [6.45, 7) is 0. The number of anilines is 1. The summed E-state index contributed by atoms with van der Waals surface area (Å²) in [6.07, 6.45) is -5.30. The number of aromatic nitrogens is 2. The molecule has 0 aliphatic rings. The topological polar surface area (TPSA) is 54.9 Å². The standard InChI is InChI=1S/C7H2Cl2F5N3O/c8-2-3(9)15-1-16-4(2)17-5(18)6(10,11)7(12,13)14/h1H,(H,15,16,17,18). The van der Waals surface area contributed by atoms with Gasteiger partial charge in [0, 0.05) is 0 Å². The lowest BCUT2D eigenvalue weighted by Crippen LogP contribution is -2.47. The number of hydrogen-bond acceptors (Lipinski definition) is 3. The summed E-state index contributed by atoms with van der Waals surface area (Å²) < 4.78 is 60.8. The second kappa shape index (κ2) is 4.81. The van der Waals surface area contributed by atoms with Crippen molar-refractivity contribution in [2.75, 3.05) is 5.32 Å². The number of carbonyl (C=O) groups is 1. The summed E-state index contributed by atoms with van der Waals surface area (Å²) in [6, 6.07) is 0. The quantitative estimate of drug-likeness (QED) is 0.675. The Labute approximate surface area is 106 Å². The van der Waals surface area contributed by atoms with E-state index < -0.39 is 34.0 Å². The van der Waals surface area contributed by atoms with Crippen LogP contribution in [0, 0.1) is 0 Å². The van der Waals surface area contributed by atoms with E-state index in [1.807, 2.05) is 0 Å². The number of alkyl halides is 5. The van der Waals surface area contributed by atoms with Gasteiger partial charge in [0.25, 0.3) is 0 Å². The van der Waals surface area contributed by atoms with E-state index in [-0.39, 0.29) is 0 Å². The zero-order valence-electron chi connectivity index (χ0n) is 8.03. The van der Waals surface area contributed by atoms with Gasteiger partial charge >= 0.3 is 18.0 Å². The number of nitrogens with one attached hydrogen (secondary N) is 1. The third-order valence-corrected chi connectivity index (χ3v) is 2.36. The molecule has 1 aromatic rings. The van der Waals surface area contributed by atoms with Crippen LogP contribution in [0.2, 0.25) is 10.2 Å². The van der Waals surface area contributed by atoms with E-state index in [1.54, 1.807) is 0 Å². The van der Waals surface area contributed by atoms with Crippen molar-refractivity contribution in [1.82, 2.24) is 9.97 Å². The highest BCUT2D eigenvalue weighted by atomic mass is 35.5. The molecule has 0 fully saturated rings. The van der Waals surface area contributed by atoms with E-state index in [1.165, 1.54) is 5.32 Å². The second-order valence-corrected chi connectivity index (χ2v) is 3.59. The molecular formula is C7H2Cl2F5N3O. The summed E-state index contributed by atoms with van der Waals surface area (Å²) in [7, 11) is 0. The van der Waals surface area contributed by atoms with E-state index in [2.05, 4.69) is 9.97 Å². The van der Waals surface area contributed by atoms with Crippen molar-refractivity contribution in [3.63, 3.8) is 0 Å². The van der Waals surface area contributed by atoms with Crippen molar-refractivity contribution in [1.29, 1.82) is 0 Å². The number of amides is 1. The van der Waals surface area contributed by atoms with Crippen LogP contribution in [0.4, 0.5) is 27.8 Å². The molecule has 0 spiro atoms. The minimum absolute atomic E-state index is 0.405. The minimum Gasteiger partial charge on any atom is -0.304 e. The molecule has 0 atom stereocenters. The van der Waals surface area contributed by atoms with Crippen LogP contribution in [0.5, 0.6) is 0 Å². The molecule has 100 valence electrons. The Bertz CT molecular complexity index is 479. The van der Waals surface area contributed by atoms with E-state index in [0.717, 1.165) is 6.33 Å².